The lowest BCUT2D eigenvalue weighted by Crippen LogP contribution is -2.37. The van der Waals surface area contributed by atoms with Crippen LogP contribution in [-0.2, 0) is 4.79 Å². The highest BCUT2D eigenvalue weighted by Gasteiger charge is 2.24. The van der Waals surface area contributed by atoms with Gasteiger partial charge in [0.25, 0.3) is 0 Å². The number of fused-ring (bicyclic) bond motifs is 1. The highest BCUT2D eigenvalue weighted by Crippen LogP contribution is 2.38. The van der Waals surface area contributed by atoms with Gasteiger partial charge in [0, 0.05) is 23.8 Å². The van der Waals surface area contributed by atoms with Gasteiger partial charge in [-0.15, -0.1) is 11.8 Å². The number of carbonyl (C=O) groups is 1. The Balaban J connectivity index is 1.78. The van der Waals surface area contributed by atoms with Crippen molar-refractivity contribution in [3.8, 4) is 11.5 Å². The third-order valence-electron chi connectivity index (χ3n) is 2.92. The number of hydrogen-bond donors (Lipinski definition) is 2. The molecule has 0 aliphatic carbocycles. The second-order valence-corrected chi connectivity index (χ2v) is 5.67. The Hall–Kier alpha value is -1.11. The number of nitrogens with one attached hydrogen (secondary N) is 2. The average Bonchev–Trinajstić information content (AvgIpc) is 2.93. The number of amides is 1. The molecule has 0 bridgehead atoms. The van der Waals surface area contributed by atoms with Gasteiger partial charge in [0.15, 0.2) is 11.5 Å². The number of ether oxygens (including phenoxy) is 2. The molecule has 1 amide bonds. The number of hydrogen-bond acceptors (Lipinski definition) is 5. The molecule has 1 atom stereocenters. The van der Waals surface area contributed by atoms with Crippen LogP contribution in [0.5, 0.6) is 11.5 Å². The van der Waals surface area contributed by atoms with Crippen LogP contribution in [0.1, 0.15) is 0 Å². The van der Waals surface area contributed by atoms with Crippen molar-refractivity contribution in [2.75, 3.05) is 30.2 Å². The number of halogens is 1. The van der Waals surface area contributed by atoms with Gasteiger partial charge in [0.2, 0.25) is 5.91 Å². The Morgan fingerprint density at radius 2 is 2.11 bits per heavy atom. The fourth-order valence-corrected chi connectivity index (χ4v) is 3.09. The number of anilines is 1. The van der Waals surface area contributed by atoms with Crippen molar-refractivity contribution < 1.29 is 14.3 Å². The maximum absolute atomic E-state index is 12.0. The molecule has 7 heteroatoms. The van der Waals surface area contributed by atoms with Crippen molar-refractivity contribution in [2.45, 2.75) is 6.04 Å². The SMILES string of the molecule is O=C(Nc1cc2c(cc1Cl)OCCO2)C1CSCN1. The van der Waals surface area contributed by atoms with Crippen LogP contribution in [0.3, 0.4) is 0 Å². The number of rotatable bonds is 2. The van der Waals surface area contributed by atoms with Crippen LogP contribution in [0.2, 0.25) is 5.02 Å². The first-order chi connectivity index (χ1) is 9.24. The first kappa shape index (κ1) is 12.9. The third-order valence-corrected chi connectivity index (χ3v) is 4.18. The number of carbonyl (C=O) groups excluding carboxylic acids is 1. The zero-order valence-electron chi connectivity index (χ0n) is 10.1. The molecule has 1 aromatic carbocycles. The van der Waals surface area contributed by atoms with Gasteiger partial charge >= 0.3 is 0 Å². The van der Waals surface area contributed by atoms with E-state index in [-0.39, 0.29) is 11.9 Å². The van der Waals surface area contributed by atoms with E-state index in [1.807, 2.05) is 0 Å². The van der Waals surface area contributed by atoms with E-state index in [4.69, 9.17) is 21.1 Å². The molecule has 2 heterocycles. The summed E-state index contributed by atoms with van der Waals surface area (Å²) in [7, 11) is 0. The van der Waals surface area contributed by atoms with E-state index in [9.17, 15) is 4.79 Å². The molecule has 0 saturated carbocycles. The average molecular weight is 301 g/mol. The standard InChI is InChI=1S/C12H13ClN2O3S/c13-7-3-10-11(18-2-1-17-10)4-8(7)15-12(16)9-5-19-6-14-9/h3-4,9,14H,1-2,5-6H2,(H,15,16). The number of benzene rings is 1. The second-order valence-electron chi connectivity index (χ2n) is 4.24. The molecule has 1 aromatic rings. The van der Waals surface area contributed by atoms with Crippen LogP contribution in [0.4, 0.5) is 5.69 Å². The second kappa shape index (κ2) is 5.48. The van der Waals surface area contributed by atoms with Crippen molar-refractivity contribution in [3.63, 3.8) is 0 Å². The summed E-state index contributed by atoms with van der Waals surface area (Å²) in [5.74, 6) is 2.72. The lowest BCUT2D eigenvalue weighted by Gasteiger charge is -2.20. The van der Waals surface area contributed by atoms with Crippen molar-refractivity contribution in [3.05, 3.63) is 17.2 Å². The van der Waals surface area contributed by atoms with Crippen molar-refractivity contribution in [1.82, 2.24) is 5.32 Å². The molecular formula is C12H13ClN2O3S. The minimum absolute atomic E-state index is 0.0800. The summed E-state index contributed by atoms with van der Waals surface area (Å²) < 4.78 is 10.9. The Labute approximate surface area is 120 Å². The van der Waals surface area contributed by atoms with Gasteiger partial charge in [-0.1, -0.05) is 11.6 Å². The molecule has 19 heavy (non-hydrogen) atoms. The zero-order valence-corrected chi connectivity index (χ0v) is 11.6. The summed E-state index contributed by atoms with van der Waals surface area (Å²) >= 11 is 7.83. The molecule has 2 aliphatic heterocycles. The van der Waals surface area contributed by atoms with Crippen molar-refractivity contribution >= 4 is 35.0 Å². The summed E-state index contributed by atoms with van der Waals surface area (Å²) in [6, 6.07) is 3.20. The molecule has 1 unspecified atom stereocenters. The zero-order chi connectivity index (χ0) is 13.2. The normalized spacial score (nSPS) is 21.2. The summed E-state index contributed by atoms with van der Waals surface area (Å²) in [5, 5.41) is 6.38. The predicted octanol–water partition coefficient (Wildman–Crippen LogP) is 1.71. The molecule has 102 valence electrons. The van der Waals surface area contributed by atoms with E-state index in [1.54, 1.807) is 23.9 Å². The van der Waals surface area contributed by atoms with Crippen molar-refractivity contribution in [2.24, 2.45) is 0 Å². The van der Waals surface area contributed by atoms with Crippen molar-refractivity contribution in [1.29, 1.82) is 0 Å². The number of thioether (sulfide) groups is 1. The van der Waals surface area contributed by atoms with E-state index in [2.05, 4.69) is 10.6 Å². The Morgan fingerprint density at radius 3 is 2.79 bits per heavy atom. The van der Waals surface area contributed by atoms with E-state index < -0.39 is 0 Å². The Bertz CT molecular complexity index is 506. The summed E-state index contributed by atoms with van der Waals surface area (Å²) in [5.41, 5.74) is 0.551. The van der Waals surface area contributed by atoms with Gasteiger partial charge in [-0.05, 0) is 0 Å². The molecule has 1 fully saturated rings. The van der Waals surface area contributed by atoms with E-state index in [0.717, 1.165) is 11.6 Å². The van der Waals surface area contributed by atoms with Crippen LogP contribution in [0.25, 0.3) is 0 Å². The van der Waals surface area contributed by atoms with E-state index in [1.165, 1.54) is 0 Å². The largest absolute Gasteiger partial charge is 0.486 e. The molecule has 2 N–H and O–H groups in total. The summed E-state index contributed by atoms with van der Waals surface area (Å²) in [6.45, 7) is 1.01. The van der Waals surface area contributed by atoms with Crippen LogP contribution in [0.15, 0.2) is 12.1 Å². The lowest BCUT2D eigenvalue weighted by molar-refractivity contribution is -0.117. The Kier molecular flexibility index (Phi) is 3.72. The van der Waals surface area contributed by atoms with Gasteiger partial charge in [0.1, 0.15) is 13.2 Å². The maximum atomic E-state index is 12.0. The van der Waals surface area contributed by atoms with Crippen LogP contribution in [-0.4, -0.2) is 36.8 Å². The Morgan fingerprint density at radius 1 is 1.37 bits per heavy atom. The minimum Gasteiger partial charge on any atom is -0.486 e. The smallest absolute Gasteiger partial charge is 0.242 e. The predicted molar refractivity (Wildman–Crippen MR) is 75.3 cm³/mol. The quantitative estimate of drug-likeness (QED) is 0.871. The monoisotopic (exact) mass is 300 g/mol. The maximum Gasteiger partial charge on any atom is 0.242 e. The van der Waals surface area contributed by atoms with Crippen LogP contribution in [0, 0.1) is 0 Å². The third kappa shape index (κ3) is 2.75. The molecule has 0 aromatic heterocycles. The molecule has 1 saturated heterocycles. The van der Waals surface area contributed by atoms with Gasteiger partial charge in [0.05, 0.1) is 16.8 Å². The molecule has 2 aliphatic rings. The molecule has 3 rings (SSSR count). The minimum atomic E-state index is -0.172. The van der Waals surface area contributed by atoms with E-state index in [0.29, 0.717) is 35.4 Å². The summed E-state index contributed by atoms with van der Waals surface area (Å²) in [6.07, 6.45) is 0. The first-order valence-electron chi connectivity index (χ1n) is 5.95. The topological polar surface area (TPSA) is 59.6 Å². The van der Waals surface area contributed by atoms with E-state index >= 15 is 0 Å². The van der Waals surface area contributed by atoms with Gasteiger partial charge in [-0.2, -0.15) is 0 Å². The van der Waals surface area contributed by atoms with Gasteiger partial charge < -0.3 is 14.8 Å². The molecule has 0 radical (unpaired) electrons. The first-order valence-corrected chi connectivity index (χ1v) is 7.48. The summed E-state index contributed by atoms with van der Waals surface area (Å²) in [4.78, 5) is 12.0. The highest BCUT2D eigenvalue weighted by molar-refractivity contribution is 7.99. The van der Waals surface area contributed by atoms with Crippen LogP contribution >= 0.6 is 23.4 Å². The molecular weight excluding hydrogens is 288 g/mol. The lowest BCUT2D eigenvalue weighted by atomic mass is 10.2. The molecule has 5 nitrogen and oxygen atoms in total. The van der Waals surface area contributed by atoms with Gasteiger partial charge in [-0.25, -0.2) is 0 Å². The fourth-order valence-electron chi connectivity index (χ4n) is 1.94. The highest BCUT2D eigenvalue weighted by atomic mass is 35.5. The van der Waals surface area contributed by atoms with Crippen LogP contribution < -0.4 is 20.1 Å². The molecule has 0 spiro atoms. The fraction of sp³-hybridized carbons (Fsp3) is 0.417. The van der Waals surface area contributed by atoms with Gasteiger partial charge in [-0.3, -0.25) is 10.1 Å².